The van der Waals surface area contributed by atoms with E-state index in [9.17, 15) is 4.79 Å². The van der Waals surface area contributed by atoms with E-state index in [0.717, 1.165) is 0 Å². The average Bonchev–Trinajstić information content (AvgIpc) is 2.34. The summed E-state index contributed by atoms with van der Waals surface area (Å²) in [5.74, 6) is 0.296. The zero-order valence-corrected chi connectivity index (χ0v) is 10.3. The van der Waals surface area contributed by atoms with Crippen molar-refractivity contribution in [3.8, 4) is 11.5 Å². The highest BCUT2D eigenvalue weighted by molar-refractivity contribution is 5.92. The molecule has 0 N–H and O–H groups in total. The SMILES string of the molecule is COc1ccc(OC)c(C(=O)OO[C](C)C)c1. The highest BCUT2D eigenvalue weighted by Gasteiger charge is 2.16. The molecule has 1 aromatic carbocycles. The first kappa shape index (κ1) is 13.3. The maximum atomic E-state index is 11.7. The lowest BCUT2D eigenvalue weighted by atomic mass is 10.2. The van der Waals surface area contributed by atoms with Gasteiger partial charge in [-0.25, -0.2) is 4.79 Å². The van der Waals surface area contributed by atoms with Crippen molar-refractivity contribution < 1.29 is 24.0 Å². The fourth-order valence-corrected chi connectivity index (χ4v) is 1.14. The summed E-state index contributed by atoms with van der Waals surface area (Å²) >= 11 is 0. The predicted molar refractivity (Wildman–Crippen MR) is 60.6 cm³/mol. The first-order valence-corrected chi connectivity index (χ1v) is 4.99. The van der Waals surface area contributed by atoms with Gasteiger partial charge in [-0.2, -0.15) is 4.89 Å². The highest BCUT2D eigenvalue weighted by Crippen LogP contribution is 2.24. The molecule has 0 unspecified atom stereocenters. The molecule has 17 heavy (non-hydrogen) atoms. The smallest absolute Gasteiger partial charge is 0.376 e. The molecule has 0 aliphatic rings. The molecule has 0 aliphatic carbocycles. The zero-order chi connectivity index (χ0) is 12.8. The van der Waals surface area contributed by atoms with Crippen LogP contribution in [0.5, 0.6) is 11.5 Å². The Kier molecular flexibility index (Phi) is 4.78. The summed E-state index contributed by atoms with van der Waals surface area (Å²) in [4.78, 5) is 21.0. The van der Waals surface area contributed by atoms with Crippen LogP contribution in [0.2, 0.25) is 0 Å². The van der Waals surface area contributed by atoms with E-state index in [1.807, 2.05) is 0 Å². The van der Waals surface area contributed by atoms with E-state index in [2.05, 4.69) is 4.89 Å². The summed E-state index contributed by atoms with van der Waals surface area (Å²) in [5, 5.41) is 0. The van der Waals surface area contributed by atoms with E-state index in [1.165, 1.54) is 20.3 Å². The minimum Gasteiger partial charge on any atom is -0.497 e. The lowest BCUT2D eigenvalue weighted by Gasteiger charge is -2.10. The second kappa shape index (κ2) is 6.10. The van der Waals surface area contributed by atoms with Gasteiger partial charge in [0.1, 0.15) is 23.2 Å². The molecule has 0 amide bonds. The van der Waals surface area contributed by atoms with E-state index < -0.39 is 5.97 Å². The molecule has 0 fully saturated rings. The van der Waals surface area contributed by atoms with Gasteiger partial charge in [0.25, 0.3) is 0 Å². The van der Waals surface area contributed by atoms with Crippen molar-refractivity contribution in [1.29, 1.82) is 0 Å². The molecule has 1 radical (unpaired) electrons. The summed E-state index contributed by atoms with van der Waals surface area (Å²) in [6.45, 7) is 3.35. The number of rotatable bonds is 5. The molecular formula is C12H15O5. The van der Waals surface area contributed by atoms with Crippen LogP contribution in [-0.4, -0.2) is 20.2 Å². The summed E-state index contributed by atoms with van der Waals surface area (Å²) in [5.41, 5.74) is 0.244. The Bertz CT molecular complexity index is 386. The van der Waals surface area contributed by atoms with Crippen LogP contribution in [0.15, 0.2) is 18.2 Å². The largest absolute Gasteiger partial charge is 0.497 e. The fraction of sp³-hybridized carbons (Fsp3) is 0.333. The van der Waals surface area contributed by atoms with Crippen LogP contribution in [-0.2, 0) is 9.78 Å². The molecule has 0 saturated heterocycles. The normalized spacial score (nSPS) is 10.2. The molecule has 0 heterocycles. The average molecular weight is 239 g/mol. The van der Waals surface area contributed by atoms with Crippen LogP contribution in [0.1, 0.15) is 24.2 Å². The molecule has 0 aromatic heterocycles. The van der Waals surface area contributed by atoms with Gasteiger partial charge >= 0.3 is 5.97 Å². The standard InChI is InChI=1S/C12H15O5/c1-8(2)16-17-12(13)10-7-9(14-3)5-6-11(10)15-4/h5-7H,1-4H3. The number of carbonyl (C=O) groups excluding carboxylic acids is 1. The molecule has 5 nitrogen and oxygen atoms in total. The molecule has 0 atom stereocenters. The van der Waals surface area contributed by atoms with Crippen LogP contribution >= 0.6 is 0 Å². The second-order valence-corrected chi connectivity index (χ2v) is 3.43. The maximum absolute atomic E-state index is 11.7. The highest BCUT2D eigenvalue weighted by atomic mass is 17.2. The van der Waals surface area contributed by atoms with Gasteiger partial charge in [-0.05, 0) is 32.0 Å². The van der Waals surface area contributed by atoms with Crippen molar-refractivity contribution in [1.82, 2.24) is 0 Å². The van der Waals surface area contributed by atoms with Gasteiger partial charge in [0, 0.05) is 0 Å². The van der Waals surface area contributed by atoms with Crippen LogP contribution in [0.25, 0.3) is 0 Å². The van der Waals surface area contributed by atoms with E-state index in [0.29, 0.717) is 17.6 Å². The summed E-state index contributed by atoms with van der Waals surface area (Å²) in [6, 6.07) is 4.83. The van der Waals surface area contributed by atoms with Gasteiger partial charge in [0.05, 0.1) is 14.2 Å². The van der Waals surface area contributed by atoms with Crippen LogP contribution in [0.3, 0.4) is 0 Å². The third-order valence-corrected chi connectivity index (χ3v) is 1.91. The van der Waals surface area contributed by atoms with E-state index in [-0.39, 0.29) is 5.56 Å². The lowest BCUT2D eigenvalue weighted by Crippen LogP contribution is -2.09. The van der Waals surface area contributed by atoms with E-state index in [1.54, 1.807) is 26.0 Å². The predicted octanol–water partition coefficient (Wildman–Crippen LogP) is 2.36. The Labute approximate surface area is 100 Å². The Morgan fingerprint density at radius 1 is 1.06 bits per heavy atom. The van der Waals surface area contributed by atoms with Crippen molar-refractivity contribution in [2.45, 2.75) is 13.8 Å². The summed E-state index contributed by atoms with van der Waals surface area (Å²) in [7, 11) is 2.98. The monoisotopic (exact) mass is 239 g/mol. The van der Waals surface area contributed by atoms with Crippen molar-refractivity contribution >= 4 is 5.97 Å². The van der Waals surface area contributed by atoms with Gasteiger partial charge in [-0.15, -0.1) is 0 Å². The minimum absolute atomic E-state index is 0.244. The first-order chi connectivity index (χ1) is 8.08. The van der Waals surface area contributed by atoms with Crippen molar-refractivity contribution in [3.63, 3.8) is 0 Å². The molecule has 0 spiro atoms. The first-order valence-electron chi connectivity index (χ1n) is 4.99. The summed E-state index contributed by atoms with van der Waals surface area (Å²) < 4.78 is 10.1. The third-order valence-electron chi connectivity index (χ3n) is 1.91. The minimum atomic E-state index is -0.637. The van der Waals surface area contributed by atoms with Crippen molar-refractivity contribution in [3.05, 3.63) is 29.9 Å². The second-order valence-electron chi connectivity index (χ2n) is 3.43. The van der Waals surface area contributed by atoms with Crippen molar-refractivity contribution in [2.75, 3.05) is 14.2 Å². The van der Waals surface area contributed by atoms with Gasteiger partial charge in [-0.1, -0.05) is 0 Å². The van der Waals surface area contributed by atoms with Gasteiger partial charge < -0.3 is 9.47 Å². The number of ether oxygens (including phenoxy) is 2. The molecule has 0 bridgehead atoms. The number of benzene rings is 1. The third kappa shape index (κ3) is 3.64. The Morgan fingerprint density at radius 2 is 1.76 bits per heavy atom. The Morgan fingerprint density at radius 3 is 2.29 bits per heavy atom. The summed E-state index contributed by atoms with van der Waals surface area (Å²) in [6.07, 6.45) is 0.528. The number of carbonyl (C=O) groups is 1. The fourth-order valence-electron chi connectivity index (χ4n) is 1.14. The molecule has 5 heteroatoms. The number of methoxy groups -OCH3 is 2. The molecular weight excluding hydrogens is 224 g/mol. The number of hydrogen-bond acceptors (Lipinski definition) is 5. The van der Waals surface area contributed by atoms with Gasteiger partial charge in [-0.3, -0.25) is 4.89 Å². The number of hydrogen-bond donors (Lipinski definition) is 0. The molecule has 93 valence electrons. The topological polar surface area (TPSA) is 54.0 Å². The van der Waals surface area contributed by atoms with Crippen LogP contribution < -0.4 is 9.47 Å². The molecule has 0 aliphatic heterocycles. The Hall–Kier alpha value is -1.75. The maximum Gasteiger partial charge on any atom is 0.376 e. The van der Waals surface area contributed by atoms with Crippen LogP contribution in [0.4, 0.5) is 0 Å². The van der Waals surface area contributed by atoms with Gasteiger partial charge in [0.15, 0.2) is 0 Å². The van der Waals surface area contributed by atoms with E-state index in [4.69, 9.17) is 14.4 Å². The van der Waals surface area contributed by atoms with Crippen LogP contribution in [0, 0.1) is 6.10 Å². The van der Waals surface area contributed by atoms with E-state index >= 15 is 0 Å². The van der Waals surface area contributed by atoms with Crippen molar-refractivity contribution in [2.24, 2.45) is 0 Å². The van der Waals surface area contributed by atoms with Gasteiger partial charge in [0.2, 0.25) is 0 Å². The lowest BCUT2D eigenvalue weighted by molar-refractivity contribution is -0.229. The quantitative estimate of drug-likeness (QED) is 0.583. The zero-order valence-electron chi connectivity index (χ0n) is 10.3. The molecule has 1 aromatic rings. The molecule has 1 rings (SSSR count). The molecule has 0 saturated carbocycles. The Balaban J connectivity index is 2.89.